The van der Waals surface area contributed by atoms with Gasteiger partial charge < -0.3 is 5.32 Å². The third-order valence-electron chi connectivity index (χ3n) is 3.09. The van der Waals surface area contributed by atoms with Crippen molar-refractivity contribution in [3.8, 4) is 0 Å². The first kappa shape index (κ1) is 15.0. The van der Waals surface area contributed by atoms with E-state index in [2.05, 4.69) is 58.7 Å². The highest BCUT2D eigenvalue weighted by atomic mass is 79.9. The molecule has 0 aliphatic carbocycles. The molecule has 0 aliphatic heterocycles. The van der Waals surface area contributed by atoms with Crippen LogP contribution in [0.3, 0.4) is 0 Å². The quantitative estimate of drug-likeness (QED) is 0.771. The van der Waals surface area contributed by atoms with Crippen LogP contribution in [0.25, 0.3) is 0 Å². The second kappa shape index (κ2) is 6.40. The highest BCUT2D eigenvalue weighted by Crippen LogP contribution is 2.27. The fraction of sp³-hybridized carbons (Fsp3) is 0.333. The average molecular weight is 359 g/mol. The molecule has 19 heavy (non-hydrogen) atoms. The third kappa shape index (κ3) is 4.06. The molecule has 4 heteroatoms. The van der Waals surface area contributed by atoms with E-state index in [1.807, 2.05) is 23.5 Å². The van der Waals surface area contributed by atoms with Crippen molar-refractivity contribution < 1.29 is 0 Å². The minimum atomic E-state index is 0.160. The molecule has 1 aromatic heterocycles. The number of rotatable bonds is 5. The van der Waals surface area contributed by atoms with Crippen LogP contribution < -0.4 is 5.32 Å². The summed E-state index contributed by atoms with van der Waals surface area (Å²) in [4.78, 5) is 1.41. The van der Waals surface area contributed by atoms with Gasteiger partial charge in [0.15, 0.2) is 0 Å². The van der Waals surface area contributed by atoms with E-state index in [0.29, 0.717) is 0 Å². The van der Waals surface area contributed by atoms with E-state index in [0.717, 1.165) is 22.6 Å². The van der Waals surface area contributed by atoms with E-state index in [-0.39, 0.29) is 5.41 Å². The number of nitrogens with one attached hydrogen (secondary N) is 1. The largest absolute Gasteiger partial charge is 0.312 e. The topological polar surface area (TPSA) is 12.0 Å². The Balaban J connectivity index is 1.93. The van der Waals surface area contributed by atoms with E-state index in [9.17, 15) is 0 Å². The number of hydrogen-bond donors (Lipinski definition) is 1. The first-order valence-electron chi connectivity index (χ1n) is 6.18. The monoisotopic (exact) mass is 357 g/mol. The number of thiophene rings is 1. The van der Waals surface area contributed by atoms with Gasteiger partial charge in [0.1, 0.15) is 0 Å². The number of hydrogen-bond acceptors (Lipinski definition) is 2. The van der Waals surface area contributed by atoms with Crippen molar-refractivity contribution in [1.82, 2.24) is 5.32 Å². The molecule has 1 nitrogen and oxygen atoms in total. The van der Waals surface area contributed by atoms with Crippen molar-refractivity contribution in [2.24, 2.45) is 0 Å². The lowest BCUT2D eigenvalue weighted by Crippen LogP contribution is -2.31. The zero-order valence-electron chi connectivity index (χ0n) is 11.0. The Kier molecular flexibility index (Phi) is 5.07. The summed E-state index contributed by atoms with van der Waals surface area (Å²) in [7, 11) is 0. The molecule has 0 spiro atoms. The molecular weight excluding hydrogens is 342 g/mol. The predicted octanol–water partition coefficient (Wildman–Crippen LogP) is 5.23. The van der Waals surface area contributed by atoms with Gasteiger partial charge in [-0.1, -0.05) is 53.5 Å². The number of benzene rings is 1. The summed E-state index contributed by atoms with van der Waals surface area (Å²) < 4.78 is 1.06. The van der Waals surface area contributed by atoms with Crippen LogP contribution >= 0.6 is 38.9 Å². The zero-order chi connectivity index (χ0) is 13.9. The van der Waals surface area contributed by atoms with Crippen molar-refractivity contribution in [3.63, 3.8) is 0 Å². The van der Waals surface area contributed by atoms with Crippen LogP contribution in [-0.4, -0.2) is 6.54 Å². The van der Waals surface area contributed by atoms with Gasteiger partial charge in [-0.15, -0.1) is 11.3 Å². The summed E-state index contributed by atoms with van der Waals surface area (Å²) in [5, 5.41) is 6.41. The first-order valence-corrected chi connectivity index (χ1v) is 8.23. The SMILES string of the molecule is CC(C)(CNCc1ccc(Cl)cc1Br)c1cccs1. The molecule has 0 bridgehead atoms. The van der Waals surface area contributed by atoms with Crippen molar-refractivity contribution in [2.75, 3.05) is 6.54 Å². The number of halogens is 2. The molecule has 0 aliphatic rings. The van der Waals surface area contributed by atoms with Crippen LogP contribution in [0.2, 0.25) is 5.02 Å². The maximum atomic E-state index is 5.94. The summed E-state index contributed by atoms with van der Waals surface area (Å²) in [5.41, 5.74) is 1.39. The molecule has 2 aromatic rings. The molecule has 0 radical (unpaired) electrons. The molecular formula is C15H17BrClNS. The zero-order valence-corrected chi connectivity index (χ0v) is 14.2. The van der Waals surface area contributed by atoms with Crippen molar-refractivity contribution in [3.05, 3.63) is 55.6 Å². The smallest absolute Gasteiger partial charge is 0.0417 e. The Bertz CT molecular complexity index is 537. The molecule has 0 fully saturated rings. The van der Waals surface area contributed by atoms with Crippen LogP contribution in [0.4, 0.5) is 0 Å². The summed E-state index contributed by atoms with van der Waals surface area (Å²) in [5.74, 6) is 0. The molecule has 2 rings (SSSR count). The van der Waals surface area contributed by atoms with E-state index in [1.54, 1.807) is 0 Å². The van der Waals surface area contributed by atoms with E-state index < -0.39 is 0 Å². The van der Waals surface area contributed by atoms with Crippen molar-refractivity contribution in [1.29, 1.82) is 0 Å². The second-order valence-corrected chi connectivity index (χ2v) is 7.44. The summed E-state index contributed by atoms with van der Waals surface area (Å²) in [6, 6.07) is 10.2. The minimum absolute atomic E-state index is 0.160. The predicted molar refractivity (Wildman–Crippen MR) is 88.2 cm³/mol. The van der Waals surface area contributed by atoms with Crippen LogP contribution in [0.15, 0.2) is 40.2 Å². The molecule has 1 N–H and O–H groups in total. The van der Waals surface area contributed by atoms with Gasteiger partial charge in [-0.05, 0) is 29.1 Å². The van der Waals surface area contributed by atoms with Gasteiger partial charge in [0.05, 0.1) is 0 Å². The lowest BCUT2D eigenvalue weighted by atomic mass is 9.91. The van der Waals surface area contributed by atoms with E-state index >= 15 is 0 Å². The van der Waals surface area contributed by atoms with Crippen molar-refractivity contribution >= 4 is 38.9 Å². The maximum absolute atomic E-state index is 5.94. The van der Waals surface area contributed by atoms with Gasteiger partial charge in [0, 0.05) is 32.9 Å². The molecule has 1 heterocycles. The molecule has 0 saturated heterocycles. The Morgan fingerprint density at radius 3 is 2.74 bits per heavy atom. The molecule has 0 amide bonds. The fourth-order valence-electron chi connectivity index (χ4n) is 1.93. The second-order valence-electron chi connectivity index (χ2n) is 5.20. The average Bonchev–Trinajstić information content (AvgIpc) is 2.86. The molecule has 0 atom stereocenters. The maximum Gasteiger partial charge on any atom is 0.0417 e. The fourth-order valence-corrected chi connectivity index (χ4v) is 3.60. The standard InChI is InChI=1S/C15H17BrClNS/c1-15(2,14-4-3-7-19-14)10-18-9-11-5-6-12(17)8-13(11)16/h3-8,18H,9-10H2,1-2H3. The highest BCUT2D eigenvalue weighted by molar-refractivity contribution is 9.10. The van der Waals surface area contributed by atoms with Crippen molar-refractivity contribution in [2.45, 2.75) is 25.8 Å². The van der Waals surface area contributed by atoms with E-state index in [1.165, 1.54) is 10.4 Å². The van der Waals surface area contributed by atoms with Gasteiger partial charge in [0.25, 0.3) is 0 Å². The summed E-state index contributed by atoms with van der Waals surface area (Å²) in [6.07, 6.45) is 0. The van der Waals surface area contributed by atoms with Crippen LogP contribution in [-0.2, 0) is 12.0 Å². The molecule has 102 valence electrons. The Morgan fingerprint density at radius 2 is 2.11 bits per heavy atom. The summed E-state index contributed by atoms with van der Waals surface area (Å²) >= 11 is 11.3. The molecule has 0 saturated carbocycles. The Morgan fingerprint density at radius 1 is 1.32 bits per heavy atom. The van der Waals surface area contributed by atoms with Gasteiger partial charge in [-0.3, -0.25) is 0 Å². The lowest BCUT2D eigenvalue weighted by molar-refractivity contribution is 0.476. The van der Waals surface area contributed by atoms with E-state index in [4.69, 9.17) is 11.6 Å². The van der Waals surface area contributed by atoms with Crippen LogP contribution in [0.5, 0.6) is 0 Å². The highest BCUT2D eigenvalue weighted by Gasteiger charge is 2.21. The first-order chi connectivity index (χ1) is 8.99. The van der Waals surface area contributed by atoms with Gasteiger partial charge >= 0.3 is 0 Å². The summed E-state index contributed by atoms with van der Waals surface area (Å²) in [6.45, 7) is 6.32. The Labute approximate surface area is 132 Å². The normalized spacial score (nSPS) is 11.8. The van der Waals surface area contributed by atoms with Crippen LogP contribution in [0.1, 0.15) is 24.3 Å². The minimum Gasteiger partial charge on any atom is -0.312 e. The Hall–Kier alpha value is -0.350. The molecule has 0 unspecified atom stereocenters. The molecule has 1 aromatic carbocycles. The van der Waals surface area contributed by atoms with Crippen LogP contribution in [0, 0.1) is 0 Å². The lowest BCUT2D eigenvalue weighted by Gasteiger charge is -2.24. The van der Waals surface area contributed by atoms with Gasteiger partial charge in [-0.2, -0.15) is 0 Å². The third-order valence-corrected chi connectivity index (χ3v) is 5.29. The van der Waals surface area contributed by atoms with Gasteiger partial charge in [0.2, 0.25) is 0 Å². The van der Waals surface area contributed by atoms with Gasteiger partial charge in [-0.25, -0.2) is 0 Å².